The van der Waals surface area contributed by atoms with Gasteiger partial charge in [-0.2, -0.15) is 0 Å². The molecule has 2 unspecified atom stereocenters. The molecule has 0 aromatic heterocycles. The number of hydrogen-bond donors (Lipinski definition) is 0. The summed E-state index contributed by atoms with van der Waals surface area (Å²) in [6, 6.07) is 8.30. The minimum atomic E-state index is 0.148. The van der Waals surface area contributed by atoms with E-state index in [1.165, 1.54) is 10.6 Å². The van der Waals surface area contributed by atoms with Crippen LogP contribution in [-0.4, -0.2) is 12.8 Å². The van der Waals surface area contributed by atoms with Gasteiger partial charge >= 0.3 is 0 Å². The van der Waals surface area contributed by atoms with E-state index in [2.05, 4.69) is 37.8 Å². The second-order valence-corrected chi connectivity index (χ2v) is 6.86. The van der Waals surface area contributed by atoms with E-state index in [-0.39, 0.29) is 11.7 Å². The van der Waals surface area contributed by atoms with Crippen LogP contribution < -0.4 is 4.90 Å². The minimum absolute atomic E-state index is 0.148. The maximum atomic E-state index is 12.6. The third-order valence-corrected chi connectivity index (χ3v) is 5.44. The minimum Gasteiger partial charge on any atom is -0.338 e. The van der Waals surface area contributed by atoms with E-state index in [9.17, 15) is 4.79 Å². The van der Waals surface area contributed by atoms with Crippen LogP contribution in [0, 0.1) is 11.8 Å². The summed E-state index contributed by atoms with van der Waals surface area (Å²) >= 11 is 1.69. The van der Waals surface area contributed by atoms with E-state index in [4.69, 9.17) is 0 Å². The van der Waals surface area contributed by atoms with Crippen molar-refractivity contribution in [3.63, 3.8) is 0 Å². The molecule has 2 nitrogen and oxygen atoms in total. The number of para-hydroxylation sites is 1. The molecule has 21 heavy (non-hydrogen) atoms. The summed E-state index contributed by atoms with van der Waals surface area (Å²) in [6.45, 7) is 6.51. The number of allylic oxidation sites excluding steroid dienone is 1. The standard InChI is InChI=1S/C18H25NOS/c1-5-9-13(3)14(6-2)16(20)12-18-19(4)15-10-7-8-11-17(15)21-18/h7-8,10-14H,5-6,9H2,1-4H3/b18-12+. The average Bonchev–Trinajstić information content (AvgIpc) is 2.77. The smallest absolute Gasteiger partial charge is 0.161 e. The van der Waals surface area contributed by atoms with Crippen molar-refractivity contribution in [2.75, 3.05) is 11.9 Å². The first-order valence-electron chi connectivity index (χ1n) is 7.84. The highest BCUT2D eigenvalue weighted by Crippen LogP contribution is 2.44. The molecule has 0 N–H and O–H groups in total. The van der Waals surface area contributed by atoms with Crippen molar-refractivity contribution < 1.29 is 4.79 Å². The van der Waals surface area contributed by atoms with Crippen LogP contribution in [0.2, 0.25) is 0 Å². The van der Waals surface area contributed by atoms with Crippen molar-refractivity contribution in [2.24, 2.45) is 11.8 Å². The van der Waals surface area contributed by atoms with Crippen molar-refractivity contribution in [3.05, 3.63) is 35.4 Å². The molecule has 0 bridgehead atoms. The lowest BCUT2D eigenvalue weighted by atomic mass is 9.85. The Morgan fingerprint density at radius 2 is 2.05 bits per heavy atom. The summed E-state index contributed by atoms with van der Waals surface area (Å²) in [4.78, 5) is 16.0. The Balaban J connectivity index is 2.15. The fourth-order valence-corrected chi connectivity index (χ4v) is 4.11. The number of thioether (sulfide) groups is 1. The summed E-state index contributed by atoms with van der Waals surface area (Å²) in [5.41, 5.74) is 1.19. The maximum absolute atomic E-state index is 12.6. The Kier molecular flexibility index (Phi) is 5.51. The highest BCUT2D eigenvalue weighted by atomic mass is 32.2. The Bertz CT molecular complexity index is 538. The van der Waals surface area contributed by atoms with Gasteiger partial charge in [0.2, 0.25) is 0 Å². The summed E-state index contributed by atoms with van der Waals surface area (Å²) in [5, 5.41) is 1.04. The van der Waals surface area contributed by atoms with Crippen LogP contribution in [0.15, 0.2) is 40.3 Å². The number of ketones is 1. The molecule has 114 valence electrons. The van der Waals surface area contributed by atoms with E-state index < -0.39 is 0 Å². The van der Waals surface area contributed by atoms with Crippen molar-refractivity contribution in [2.45, 2.75) is 44.9 Å². The molecule has 1 aromatic carbocycles. The first-order valence-corrected chi connectivity index (χ1v) is 8.66. The molecule has 2 rings (SSSR count). The van der Waals surface area contributed by atoms with Gasteiger partial charge in [0, 0.05) is 23.9 Å². The number of rotatable bonds is 6. The lowest BCUT2D eigenvalue weighted by molar-refractivity contribution is -0.119. The summed E-state index contributed by atoms with van der Waals surface area (Å²) < 4.78 is 0. The number of fused-ring (bicyclic) bond motifs is 1. The molecule has 1 aliphatic heterocycles. The van der Waals surface area contributed by atoms with Gasteiger partial charge in [-0.05, 0) is 24.5 Å². The van der Waals surface area contributed by atoms with Crippen LogP contribution in [0.3, 0.4) is 0 Å². The van der Waals surface area contributed by atoms with Crippen LogP contribution in [0.5, 0.6) is 0 Å². The van der Waals surface area contributed by atoms with Crippen LogP contribution in [0.4, 0.5) is 5.69 Å². The predicted molar refractivity (Wildman–Crippen MR) is 91.6 cm³/mol. The molecule has 1 aromatic rings. The average molecular weight is 303 g/mol. The van der Waals surface area contributed by atoms with Crippen molar-refractivity contribution >= 4 is 23.2 Å². The lowest BCUT2D eigenvalue weighted by Crippen LogP contribution is -2.21. The predicted octanol–water partition coefficient (Wildman–Crippen LogP) is 5.10. The monoisotopic (exact) mass is 303 g/mol. The Labute approximate surface area is 132 Å². The molecule has 0 fully saturated rings. The quantitative estimate of drug-likeness (QED) is 0.682. The number of carbonyl (C=O) groups excluding carboxylic acids is 1. The maximum Gasteiger partial charge on any atom is 0.161 e. The zero-order chi connectivity index (χ0) is 15.4. The topological polar surface area (TPSA) is 20.3 Å². The zero-order valence-electron chi connectivity index (χ0n) is 13.4. The second kappa shape index (κ2) is 7.17. The van der Waals surface area contributed by atoms with Gasteiger partial charge in [0.25, 0.3) is 0 Å². The molecule has 0 amide bonds. The lowest BCUT2D eigenvalue weighted by Gasteiger charge is -2.20. The molecule has 0 radical (unpaired) electrons. The van der Waals surface area contributed by atoms with Crippen LogP contribution in [0.25, 0.3) is 0 Å². The summed E-state index contributed by atoms with van der Waals surface area (Å²) in [7, 11) is 2.04. The molecule has 1 aliphatic rings. The SMILES string of the molecule is CCCC(C)C(CC)C(=O)/C=C1/Sc2ccccc2N1C. The first-order chi connectivity index (χ1) is 10.1. The molecule has 0 saturated carbocycles. The number of benzene rings is 1. The van der Waals surface area contributed by atoms with Crippen LogP contribution in [0.1, 0.15) is 40.0 Å². The number of hydrogen-bond acceptors (Lipinski definition) is 3. The number of anilines is 1. The molecule has 1 heterocycles. The highest BCUT2D eigenvalue weighted by Gasteiger charge is 2.26. The van der Waals surface area contributed by atoms with E-state index in [1.54, 1.807) is 11.8 Å². The van der Waals surface area contributed by atoms with E-state index in [0.717, 1.165) is 24.3 Å². The fourth-order valence-electron chi connectivity index (χ4n) is 3.02. The van der Waals surface area contributed by atoms with Crippen LogP contribution >= 0.6 is 11.8 Å². The Hall–Kier alpha value is -1.22. The van der Waals surface area contributed by atoms with Crippen molar-refractivity contribution in [1.29, 1.82) is 0 Å². The van der Waals surface area contributed by atoms with E-state index in [0.29, 0.717) is 5.92 Å². The Morgan fingerprint density at radius 1 is 1.33 bits per heavy atom. The number of carbonyl (C=O) groups is 1. The largest absolute Gasteiger partial charge is 0.338 e. The molecule has 0 spiro atoms. The molecule has 0 saturated heterocycles. The molecule has 3 heteroatoms. The third-order valence-electron chi connectivity index (χ3n) is 4.27. The van der Waals surface area contributed by atoms with Gasteiger partial charge in [-0.25, -0.2) is 0 Å². The van der Waals surface area contributed by atoms with Crippen molar-refractivity contribution in [1.82, 2.24) is 0 Å². The summed E-state index contributed by atoms with van der Waals surface area (Å²) in [6.07, 6.45) is 5.04. The van der Waals surface area contributed by atoms with Gasteiger partial charge in [-0.3, -0.25) is 4.79 Å². The first kappa shape index (κ1) is 16.2. The normalized spacial score (nSPS) is 18.7. The van der Waals surface area contributed by atoms with Gasteiger partial charge in [0.1, 0.15) is 0 Å². The van der Waals surface area contributed by atoms with E-state index >= 15 is 0 Å². The fraction of sp³-hybridized carbons (Fsp3) is 0.500. The van der Waals surface area contributed by atoms with Crippen LogP contribution in [-0.2, 0) is 4.79 Å². The van der Waals surface area contributed by atoms with Gasteiger partial charge in [0.05, 0.1) is 10.7 Å². The van der Waals surface area contributed by atoms with Gasteiger partial charge in [-0.1, -0.05) is 57.5 Å². The van der Waals surface area contributed by atoms with Gasteiger partial charge in [0.15, 0.2) is 5.78 Å². The molecular formula is C18H25NOS. The summed E-state index contributed by atoms with van der Waals surface area (Å²) in [5.74, 6) is 0.888. The Morgan fingerprint density at radius 3 is 2.67 bits per heavy atom. The molecular weight excluding hydrogens is 278 g/mol. The second-order valence-electron chi connectivity index (χ2n) is 5.79. The van der Waals surface area contributed by atoms with Crippen molar-refractivity contribution in [3.8, 4) is 0 Å². The number of nitrogens with zero attached hydrogens (tertiary/aromatic N) is 1. The van der Waals surface area contributed by atoms with E-state index in [1.807, 2.05) is 25.3 Å². The van der Waals surface area contributed by atoms with Gasteiger partial charge in [-0.15, -0.1) is 0 Å². The highest BCUT2D eigenvalue weighted by molar-refractivity contribution is 8.03. The molecule has 2 atom stereocenters. The third kappa shape index (κ3) is 3.52. The molecule has 0 aliphatic carbocycles. The van der Waals surface area contributed by atoms with Gasteiger partial charge < -0.3 is 4.90 Å². The zero-order valence-corrected chi connectivity index (χ0v) is 14.2.